The largest absolute Gasteiger partial charge is 0.497 e. The molecular formula is C17H18ClNO3S. The number of thioether (sulfide) groups is 1. The molecule has 0 aliphatic heterocycles. The summed E-state index contributed by atoms with van der Waals surface area (Å²) in [6, 6.07) is 12.9. The van der Waals surface area contributed by atoms with Crippen LogP contribution < -0.4 is 14.8 Å². The maximum absolute atomic E-state index is 12.0. The van der Waals surface area contributed by atoms with E-state index in [9.17, 15) is 4.79 Å². The van der Waals surface area contributed by atoms with E-state index < -0.39 is 0 Å². The Morgan fingerprint density at radius 1 is 1.13 bits per heavy atom. The lowest BCUT2D eigenvalue weighted by Gasteiger charge is -2.10. The van der Waals surface area contributed by atoms with E-state index >= 15 is 0 Å². The molecule has 23 heavy (non-hydrogen) atoms. The summed E-state index contributed by atoms with van der Waals surface area (Å²) in [7, 11) is 3.14. The Morgan fingerprint density at radius 3 is 2.39 bits per heavy atom. The second-order valence-corrected chi connectivity index (χ2v) is 6.13. The lowest BCUT2D eigenvalue weighted by Crippen LogP contribution is -2.14. The van der Waals surface area contributed by atoms with Crippen molar-refractivity contribution in [1.29, 1.82) is 0 Å². The highest BCUT2D eigenvalue weighted by Crippen LogP contribution is 2.26. The fourth-order valence-electron chi connectivity index (χ4n) is 1.95. The molecule has 0 radical (unpaired) electrons. The van der Waals surface area contributed by atoms with Gasteiger partial charge in [0.25, 0.3) is 0 Å². The zero-order chi connectivity index (χ0) is 16.7. The van der Waals surface area contributed by atoms with Crippen LogP contribution in [0.1, 0.15) is 5.56 Å². The minimum absolute atomic E-state index is 0.0858. The number of halogens is 1. The monoisotopic (exact) mass is 351 g/mol. The van der Waals surface area contributed by atoms with Gasteiger partial charge in [-0.3, -0.25) is 4.79 Å². The Kier molecular flexibility index (Phi) is 6.62. The summed E-state index contributed by atoms with van der Waals surface area (Å²) >= 11 is 7.60. The van der Waals surface area contributed by atoms with Crippen molar-refractivity contribution in [2.24, 2.45) is 0 Å². The average molecular weight is 352 g/mol. The Bertz CT molecular complexity index is 656. The molecule has 0 bridgehead atoms. The number of carbonyl (C=O) groups excluding carboxylic acids is 1. The molecule has 0 saturated heterocycles. The Hall–Kier alpha value is -1.85. The van der Waals surface area contributed by atoms with Crippen LogP contribution >= 0.6 is 23.4 Å². The third-order valence-electron chi connectivity index (χ3n) is 3.08. The molecule has 1 amide bonds. The molecular weight excluding hydrogens is 334 g/mol. The lowest BCUT2D eigenvalue weighted by molar-refractivity contribution is -0.113. The van der Waals surface area contributed by atoms with Gasteiger partial charge >= 0.3 is 0 Å². The topological polar surface area (TPSA) is 47.6 Å². The van der Waals surface area contributed by atoms with Crippen molar-refractivity contribution in [3.8, 4) is 11.5 Å². The van der Waals surface area contributed by atoms with Crippen LogP contribution in [0.4, 0.5) is 5.69 Å². The van der Waals surface area contributed by atoms with Crippen molar-refractivity contribution in [3.63, 3.8) is 0 Å². The molecule has 2 aromatic carbocycles. The van der Waals surface area contributed by atoms with E-state index in [1.54, 1.807) is 32.4 Å². The molecule has 0 atom stereocenters. The number of hydrogen-bond donors (Lipinski definition) is 1. The fourth-order valence-corrected chi connectivity index (χ4v) is 3.06. The van der Waals surface area contributed by atoms with Gasteiger partial charge in [-0.2, -0.15) is 0 Å². The van der Waals surface area contributed by atoms with Crippen molar-refractivity contribution < 1.29 is 14.3 Å². The van der Waals surface area contributed by atoms with Gasteiger partial charge in [-0.1, -0.05) is 29.8 Å². The second kappa shape index (κ2) is 8.70. The first-order valence-corrected chi connectivity index (χ1v) is 8.49. The van der Waals surface area contributed by atoms with E-state index in [0.717, 1.165) is 10.6 Å². The first-order valence-electron chi connectivity index (χ1n) is 6.96. The lowest BCUT2D eigenvalue weighted by atomic mass is 10.2. The molecule has 0 unspecified atom stereocenters. The molecule has 0 heterocycles. The first-order chi connectivity index (χ1) is 11.1. The number of benzene rings is 2. The summed E-state index contributed by atoms with van der Waals surface area (Å²) in [5, 5.41) is 3.56. The van der Waals surface area contributed by atoms with Gasteiger partial charge in [0.05, 0.1) is 20.0 Å². The van der Waals surface area contributed by atoms with Gasteiger partial charge in [-0.15, -0.1) is 11.8 Å². The Balaban J connectivity index is 1.88. The minimum Gasteiger partial charge on any atom is -0.497 e. The van der Waals surface area contributed by atoms with Crippen LogP contribution in [0.25, 0.3) is 0 Å². The predicted octanol–water partition coefficient (Wildman–Crippen LogP) is 4.23. The van der Waals surface area contributed by atoms with E-state index in [2.05, 4.69) is 5.32 Å². The van der Waals surface area contributed by atoms with Gasteiger partial charge in [-0.25, -0.2) is 0 Å². The van der Waals surface area contributed by atoms with Crippen LogP contribution in [0.5, 0.6) is 11.5 Å². The standard InChI is InChI=1S/C17H18ClNO3S/c1-21-14-7-13(8-15(9-14)22-2)19-17(20)11-23-10-12-5-3-4-6-16(12)18/h3-9H,10-11H2,1-2H3,(H,19,20). The maximum atomic E-state index is 12.0. The average Bonchev–Trinajstić information content (AvgIpc) is 2.56. The minimum atomic E-state index is -0.0858. The highest BCUT2D eigenvalue weighted by Gasteiger charge is 2.07. The molecule has 0 aliphatic rings. The predicted molar refractivity (Wildman–Crippen MR) is 95.8 cm³/mol. The Labute approximate surface area is 145 Å². The van der Waals surface area contributed by atoms with Crippen LogP contribution in [-0.2, 0) is 10.5 Å². The second-order valence-electron chi connectivity index (χ2n) is 4.73. The molecule has 122 valence electrons. The molecule has 0 aromatic heterocycles. The fraction of sp³-hybridized carbons (Fsp3) is 0.235. The van der Waals surface area contributed by atoms with Crippen molar-refractivity contribution >= 4 is 35.0 Å². The number of ether oxygens (including phenoxy) is 2. The molecule has 1 N–H and O–H groups in total. The van der Waals surface area contributed by atoms with E-state index in [-0.39, 0.29) is 5.91 Å². The third kappa shape index (κ3) is 5.37. The van der Waals surface area contributed by atoms with Gasteiger partial charge in [0.15, 0.2) is 0 Å². The van der Waals surface area contributed by atoms with Crippen LogP contribution in [0, 0.1) is 0 Å². The molecule has 6 heteroatoms. The van der Waals surface area contributed by atoms with Crippen molar-refractivity contribution in [1.82, 2.24) is 0 Å². The van der Waals surface area contributed by atoms with Crippen LogP contribution in [0.15, 0.2) is 42.5 Å². The molecule has 0 aliphatic carbocycles. The van der Waals surface area contributed by atoms with E-state index in [1.807, 2.05) is 24.3 Å². The highest BCUT2D eigenvalue weighted by molar-refractivity contribution is 7.99. The van der Waals surface area contributed by atoms with Crippen molar-refractivity contribution in [2.45, 2.75) is 5.75 Å². The third-order valence-corrected chi connectivity index (χ3v) is 4.43. The van der Waals surface area contributed by atoms with Crippen LogP contribution in [-0.4, -0.2) is 25.9 Å². The summed E-state index contributed by atoms with van der Waals surface area (Å²) in [6.07, 6.45) is 0. The van der Waals surface area contributed by atoms with E-state index in [4.69, 9.17) is 21.1 Å². The number of carbonyl (C=O) groups is 1. The summed E-state index contributed by atoms with van der Waals surface area (Å²) in [4.78, 5) is 12.0. The zero-order valence-corrected chi connectivity index (χ0v) is 14.5. The molecule has 4 nitrogen and oxygen atoms in total. The number of rotatable bonds is 7. The molecule has 0 spiro atoms. The summed E-state index contributed by atoms with van der Waals surface area (Å²) in [6.45, 7) is 0. The summed E-state index contributed by atoms with van der Waals surface area (Å²) in [5.41, 5.74) is 1.67. The van der Waals surface area contributed by atoms with Crippen molar-refractivity contribution in [3.05, 3.63) is 53.1 Å². The quantitative estimate of drug-likeness (QED) is 0.811. The van der Waals surface area contributed by atoms with Gasteiger partial charge < -0.3 is 14.8 Å². The number of amides is 1. The van der Waals surface area contributed by atoms with Gasteiger partial charge in [0.1, 0.15) is 11.5 Å². The summed E-state index contributed by atoms with van der Waals surface area (Å²) in [5.74, 6) is 2.20. The van der Waals surface area contributed by atoms with Crippen molar-refractivity contribution in [2.75, 3.05) is 25.3 Å². The molecule has 0 fully saturated rings. The smallest absolute Gasteiger partial charge is 0.234 e. The van der Waals surface area contributed by atoms with Gasteiger partial charge in [0.2, 0.25) is 5.91 Å². The number of nitrogens with one attached hydrogen (secondary N) is 1. The Morgan fingerprint density at radius 2 is 1.78 bits per heavy atom. The van der Waals surface area contributed by atoms with Crippen LogP contribution in [0.3, 0.4) is 0 Å². The van der Waals surface area contributed by atoms with Gasteiger partial charge in [0, 0.05) is 34.7 Å². The first kappa shape index (κ1) is 17.5. The van der Waals surface area contributed by atoms with Crippen LogP contribution in [0.2, 0.25) is 5.02 Å². The SMILES string of the molecule is COc1cc(NC(=O)CSCc2ccccc2Cl)cc(OC)c1. The molecule has 2 rings (SSSR count). The normalized spacial score (nSPS) is 10.2. The number of methoxy groups -OCH3 is 2. The van der Waals surface area contributed by atoms with Gasteiger partial charge in [-0.05, 0) is 11.6 Å². The zero-order valence-electron chi connectivity index (χ0n) is 13.0. The maximum Gasteiger partial charge on any atom is 0.234 e. The summed E-state index contributed by atoms with van der Waals surface area (Å²) < 4.78 is 10.4. The molecule has 2 aromatic rings. The van der Waals surface area contributed by atoms with E-state index in [0.29, 0.717) is 28.7 Å². The molecule has 0 saturated carbocycles. The number of hydrogen-bond acceptors (Lipinski definition) is 4. The van der Waals surface area contributed by atoms with E-state index in [1.165, 1.54) is 11.8 Å². The highest BCUT2D eigenvalue weighted by atomic mass is 35.5. The number of anilines is 1.